The number of ketones is 1. The first-order valence-electron chi connectivity index (χ1n) is 5.96. The summed E-state index contributed by atoms with van der Waals surface area (Å²) in [5.74, 6) is -1.93. The summed E-state index contributed by atoms with van der Waals surface area (Å²) in [4.78, 5) is 16.4. The van der Waals surface area contributed by atoms with Crippen molar-refractivity contribution in [3.63, 3.8) is 0 Å². The minimum absolute atomic E-state index is 0.0158. The Balaban J connectivity index is 1.88. The van der Waals surface area contributed by atoms with Gasteiger partial charge in [0.05, 0.1) is 22.2 Å². The predicted molar refractivity (Wildman–Crippen MR) is 74.0 cm³/mol. The SMILES string of the molecule is O=C(Cc1nc2ccccc2s1)c1ccc(F)cc1F. The van der Waals surface area contributed by atoms with Crippen LogP contribution in [0.25, 0.3) is 10.2 Å². The number of Topliss-reactive ketones (excluding diaryl/α,β-unsaturated/α-hetero) is 1. The molecule has 0 spiro atoms. The number of carbonyl (C=O) groups excluding carboxylic acids is 1. The van der Waals surface area contributed by atoms with Gasteiger partial charge in [0, 0.05) is 6.07 Å². The summed E-state index contributed by atoms with van der Waals surface area (Å²) in [5, 5.41) is 0.625. The molecule has 5 heteroatoms. The number of aromatic nitrogens is 1. The van der Waals surface area contributed by atoms with E-state index < -0.39 is 17.4 Å². The van der Waals surface area contributed by atoms with Crippen molar-refractivity contribution in [2.24, 2.45) is 0 Å². The summed E-state index contributed by atoms with van der Waals surface area (Å²) in [6.07, 6.45) is 0.0158. The fourth-order valence-corrected chi connectivity index (χ4v) is 2.91. The van der Waals surface area contributed by atoms with Gasteiger partial charge in [-0.2, -0.15) is 0 Å². The van der Waals surface area contributed by atoms with Gasteiger partial charge in [0.25, 0.3) is 0 Å². The molecule has 0 saturated carbocycles. The smallest absolute Gasteiger partial charge is 0.172 e. The van der Waals surface area contributed by atoms with Gasteiger partial charge in [-0.15, -0.1) is 11.3 Å². The highest BCUT2D eigenvalue weighted by atomic mass is 32.1. The van der Waals surface area contributed by atoms with Crippen LogP contribution in [-0.4, -0.2) is 10.8 Å². The highest BCUT2D eigenvalue weighted by Crippen LogP contribution is 2.23. The third-order valence-corrected chi connectivity index (χ3v) is 3.92. The Hall–Kier alpha value is -2.14. The lowest BCUT2D eigenvalue weighted by Crippen LogP contribution is -2.06. The van der Waals surface area contributed by atoms with E-state index in [4.69, 9.17) is 0 Å². The number of benzene rings is 2. The molecule has 2 nitrogen and oxygen atoms in total. The van der Waals surface area contributed by atoms with Crippen LogP contribution in [0.3, 0.4) is 0 Å². The van der Waals surface area contributed by atoms with E-state index >= 15 is 0 Å². The average molecular weight is 289 g/mol. The van der Waals surface area contributed by atoms with Crippen LogP contribution in [0.4, 0.5) is 8.78 Å². The predicted octanol–water partition coefficient (Wildman–Crippen LogP) is 4.00. The van der Waals surface area contributed by atoms with Gasteiger partial charge in [0.15, 0.2) is 5.78 Å². The van der Waals surface area contributed by atoms with Gasteiger partial charge in [0.1, 0.15) is 16.6 Å². The first-order chi connectivity index (χ1) is 9.63. The molecule has 1 aromatic heterocycles. The third-order valence-electron chi connectivity index (χ3n) is 2.88. The van der Waals surface area contributed by atoms with E-state index in [1.165, 1.54) is 17.4 Å². The summed E-state index contributed by atoms with van der Waals surface area (Å²) in [6, 6.07) is 10.5. The van der Waals surface area contributed by atoms with Gasteiger partial charge in [-0.3, -0.25) is 4.79 Å². The van der Waals surface area contributed by atoms with Crippen LogP contribution in [0.5, 0.6) is 0 Å². The Kier molecular flexibility index (Phi) is 3.28. The third kappa shape index (κ3) is 2.44. The van der Waals surface area contributed by atoms with E-state index in [1.807, 2.05) is 24.3 Å². The number of halogens is 2. The second kappa shape index (κ2) is 5.09. The van der Waals surface area contributed by atoms with Crippen molar-refractivity contribution in [2.45, 2.75) is 6.42 Å². The number of thiazole rings is 1. The molecule has 20 heavy (non-hydrogen) atoms. The van der Waals surface area contributed by atoms with E-state index in [0.717, 1.165) is 16.3 Å². The molecule has 0 amide bonds. The summed E-state index contributed by atoms with van der Waals surface area (Å²) < 4.78 is 27.3. The first kappa shape index (κ1) is 12.9. The second-order valence-electron chi connectivity index (χ2n) is 4.30. The lowest BCUT2D eigenvalue weighted by molar-refractivity contribution is 0.0989. The standard InChI is InChI=1S/C15H9F2NOS/c16-9-5-6-10(11(17)7-9)13(19)8-15-18-12-3-1-2-4-14(12)20-15/h1-7H,8H2. The van der Waals surface area contributed by atoms with Crippen LogP contribution in [-0.2, 0) is 6.42 Å². The quantitative estimate of drug-likeness (QED) is 0.682. The summed E-state index contributed by atoms with van der Waals surface area (Å²) in [5.41, 5.74) is 0.713. The Bertz CT molecular complexity index is 764. The van der Waals surface area contributed by atoms with Gasteiger partial charge < -0.3 is 0 Å². The number of nitrogens with zero attached hydrogens (tertiary/aromatic N) is 1. The van der Waals surface area contributed by atoms with Crippen LogP contribution < -0.4 is 0 Å². The molecule has 0 atom stereocenters. The molecule has 0 unspecified atom stereocenters. The molecule has 100 valence electrons. The first-order valence-corrected chi connectivity index (χ1v) is 6.78. The number of hydrogen-bond donors (Lipinski definition) is 0. The normalized spacial score (nSPS) is 10.9. The number of fused-ring (bicyclic) bond motifs is 1. The Labute approximate surface area is 117 Å². The van der Waals surface area contributed by atoms with E-state index in [0.29, 0.717) is 11.1 Å². The monoisotopic (exact) mass is 289 g/mol. The summed E-state index contributed by atoms with van der Waals surface area (Å²) in [6.45, 7) is 0. The summed E-state index contributed by atoms with van der Waals surface area (Å²) >= 11 is 1.40. The van der Waals surface area contributed by atoms with Crippen molar-refractivity contribution in [1.82, 2.24) is 4.98 Å². The van der Waals surface area contributed by atoms with Crippen molar-refractivity contribution in [3.8, 4) is 0 Å². The van der Waals surface area contributed by atoms with Crippen molar-refractivity contribution >= 4 is 27.3 Å². The molecule has 0 aliphatic heterocycles. The molecular formula is C15H9F2NOS. The van der Waals surface area contributed by atoms with Gasteiger partial charge in [-0.1, -0.05) is 12.1 Å². The minimum atomic E-state index is -0.837. The zero-order chi connectivity index (χ0) is 14.1. The molecule has 0 saturated heterocycles. The molecule has 3 rings (SSSR count). The second-order valence-corrected chi connectivity index (χ2v) is 5.41. The molecule has 0 radical (unpaired) electrons. The Morgan fingerprint density at radius 1 is 1.15 bits per heavy atom. The van der Waals surface area contributed by atoms with Crippen molar-refractivity contribution in [1.29, 1.82) is 0 Å². The maximum absolute atomic E-state index is 13.5. The highest BCUT2D eigenvalue weighted by Gasteiger charge is 2.15. The fourth-order valence-electron chi connectivity index (χ4n) is 1.94. The Morgan fingerprint density at radius 3 is 2.70 bits per heavy atom. The van der Waals surface area contributed by atoms with Crippen LogP contribution in [0, 0.1) is 11.6 Å². The highest BCUT2D eigenvalue weighted by molar-refractivity contribution is 7.18. The number of carbonyl (C=O) groups is 1. The largest absolute Gasteiger partial charge is 0.294 e. The topological polar surface area (TPSA) is 30.0 Å². The number of rotatable bonds is 3. The fraction of sp³-hybridized carbons (Fsp3) is 0.0667. The zero-order valence-corrected chi connectivity index (χ0v) is 11.1. The van der Waals surface area contributed by atoms with E-state index in [1.54, 1.807) is 0 Å². The van der Waals surface area contributed by atoms with E-state index in [2.05, 4.69) is 4.98 Å². The molecule has 3 aromatic rings. The molecule has 0 N–H and O–H groups in total. The van der Waals surface area contributed by atoms with Gasteiger partial charge in [-0.05, 0) is 24.3 Å². The molecule has 0 aliphatic carbocycles. The van der Waals surface area contributed by atoms with E-state index in [-0.39, 0.29) is 12.0 Å². The molecule has 0 fully saturated rings. The lowest BCUT2D eigenvalue weighted by Gasteiger charge is -2.00. The lowest BCUT2D eigenvalue weighted by atomic mass is 10.1. The Morgan fingerprint density at radius 2 is 1.95 bits per heavy atom. The van der Waals surface area contributed by atoms with Crippen LogP contribution in [0.2, 0.25) is 0 Å². The van der Waals surface area contributed by atoms with Gasteiger partial charge >= 0.3 is 0 Å². The van der Waals surface area contributed by atoms with Crippen molar-refractivity contribution in [2.75, 3.05) is 0 Å². The minimum Gasteiger partial charge on any atom is -0.294 e. The maximum Gasteiger partial charge on any atom is 0.172 e. The van der Waals surface area contributed by atoms with Gasteiger partial charge in [-0.25, -0.2) is 13.8 Å². The number of para-hydroxylation sites is 1. The van der Waals surface area contributed by atoms with Crippen LogP contribution >= 0.6 is 11.3 Å². The average Bonchev–Trinajstić information content (AvgIpc) is 2.80. The van der Waals surface area contributed by atoms with E-state index in [9.17, 15) is 13.6 Å². The summed E-state index contributed by atoms with van der Waals surface area (Å²) in [7, 11) is 0. The zero-order valence-electron chi connectivity index (χ0n) is 10.3. The van der Waals surface area contributed by atoms with Gasteiger partial charge in [0.2, 0.25) is 0 Å². The molecule has 2 aromatic carbocycles. The molecule has 0 aliphatic rings. The molecular weight excluding hydrogens is 280 g/mol. The van der Waals surface area contributed by atoms with Crippen LogP contribution in [0.15, 0.2) is 42.5 Å². The van der Waals surface area contributed by atoms with Crippen molar-refractivity contribution < 1.29 is 13.6 Å². The molecule has 0 bridgehead atoms. The maximum atomic E-state index is 13.5. The van der Waals surface area contributed by atoms with Crippen molar-refractivity contribution in [3.05, 3.63) is 64.7 Å². The number of hydrogen-bond acceptors (Lipinski definition) is 3. The molecule has 1 heterocycles. The van der Waals surface area contributed by atoms with Crippen LogP contribution in [0.1, 0.15) is 15.4 Å².